The second-order valence-electron chi connectivity index (χ2n) is 11.0. The van der Waals surface area contributed by atoms with Crippen LogP contribution in [0.1, 0.15) is 121 Å². The number of hydrogen-bond acceptors (Lipinski definition) is 8. The maximum absolute atomic E-state index is 12.0. The quantitative estimate of drug-likeness (QED) is 0.0876. The molecule has 56 heavy (non-hydrogen) atoms. The molecule has 2 N–H and O–H groups in total. The fourth-order valence-corrected chi connectivity index (χ4v) is 4.68. The fourth-order valence-electron chi connectivity index (χ4n) is 4.68. The molecule has 4 rings (SSSR count). The van der Waals surface area contributed by atoms with Crippen molar-refractivity contribution in [3.63, 3.8) is 0 Å². The molecule has 0 bridgehead atoms. The van der Waals surface area contributed by atoms with Crippen LogP contribution in [0, 0.1) is 0 Å². The van der Waals surface area contributed by atoms with Gasteiger partial charge in [0, 0.05) is 50.5 Å². The van der Waals surface area contributed by atoms with E-state index in [0.717, 1.165) is 52.6 Å². The Bertz CT molecular complexity index is 1520. The smallest absolute Gasteiger partial charge is 0.870 e. The molecule has 4 aromatic rings. The Balaban J connectivity index is -0.000000398. The van der Waals surface area contributed by atoms with E-state index in [1.54, 1.807) is 31.7 Å². The third-order valence-electron chi connectivity index (χ3n) is 7.27. The van der Waals surface area contributed by atoms with Crippen LogP contribution in [-0.4, -0.2) is 50.7 Å². The number of pyridine rings is 2. The molecule has 0 aliphatic heterocycles. The van der Waals surface area contributed by atoms with E-state index in [1.807, 2.05) is 128 Å². The molecule has 304 valence electrons. The van der Waals surface area contributed by atoms with Crippen molar-refractivity contribution in [2.45, 2.75) is 127 Å². The number of carbonyl (C=O) groups excluding carboxylic acids is 3. The Labute approximate surface area is 349 Å². The molecule has 0 atom stereocenters. The van der Waals surface area contributed by atoms with Crippen LogP contribution in [-0.2, 0) is 62.4 Å². The summed E-state index contributed by atoms with van der Waals surface area (Å²) >= 11 is 0. The zero-order valence-corrected chi connectivity index (χ0v) is 35.8. The van der Waals surface area contributed by atoms with Crippen LogP contribution in [0.25, 0.3) is 0 Å². The van der Waals surface area contributed by atoms with Crippen LogP contribution in [0.15, 0.2) is 97.6 Å². The van der Waals surface area contributed by atoms with Crippen molar-refractivity contribution in [1.82, 2.24) is 9.97 Å². The summed E-state index contributed by atoms with van der Waals surface area (Å²) in [5, 5.41) is 8.72. The summed E-state index contributed by atoms with van der Waals surface area (Å²) in [5.41, 5.74) is 6.04. The molecule has 9 nitrogen and oxygen atoms in total. The summed E-state index contributed by atoms with van der Waals surface area (Å²) in [7, 11) is 0. The van der Waals surface area contributed by atoms with Crippen LogP contribution < -0.4 is 18.9 Å². The van der Waals surface area contributed by atoms with Crippen molar-refractivity contribution in [1.29, 1.82) is 0 Å². The number of carboxylic acids is 1. The van der Waals surface area contributed by atoms with Gasteiger partial charge in [-0.15, -0.1) is 0 Å². The second-order valence-corrected chi connectivity index (χ2v) is 11.0. The maximum atomic E-state index is 12.0. The van der Waals surface area contributed by atoms with Gasteiger partial charge in [0.1, 0.15) is 11.6 Å². The minimum absolute atomic E-state index is 0. The number of aryl methyl sites for hydroxylation is 4. The van der Waals surface area contributed by atoms with Gasteiger partial charge in [0.15, 0.2) is 0 Å². The zero-order chi connectivity index (χ0) is 41.0. The Morgan fingerprint density at radius 1 is 0.518 bits per heavy atom. The number of aliphatic carboxylic acids is 1. The van der Waals surface area contributed by atoms with Gasteiger partial charge in [0.25, 0.3) is 0 Å². The Morgan fingerprint density at radius 2 is 0.839 bits per heavy atom. The van der Waals surface area contributed by atoms with E-state index in [4.69, 9.17) is 9.84 Å². The van der Waals surface area contributed by atoms with Crippen molar-refractivity contribution in [2.75, 3.05) is 6.61 Å². The van der Waals surface area contributed by atoms with Gasteiger partial charge >= 0.3 is 30.8 Å². The molecule has 2 aromatic carbocycles. The van der Waals surface area contributed by atoms with Crippen LogP contribution in [0.5, 0.6) is 0 Å². The first-order valence-electron chi connectivity index (χ1n) is 19.6. The van der Waals surface area contributed by atoms with E-state index in [0.29, 0.717) is 38.7 Å². The SMILES string of the molecule is CC.CC.CC.CC.CCOC(=O)Cc1ccc(CCC(=O)CCc2cccnc2)cc1.O=C(O)Cc1ccc(CCC(=O)CCc2cccnc2)cc1.[Li+].[OH-]. The number of rotatable bonds is 17. The number of ether oxygens (including phenoxy) is 1. The molecule has 0 saturated heterocycles. The molecule has 0 fully saturated rings. The van der Waals surface area contributed by atoms with Gasteiger partial charge in [-0.05, 0) is 78.1 Å². The summed E-state index contributed by atoms with van der Waals surface area (Å²) in [6, 6.07) is 22.9. The number of nitrogens with zero attached hydrogens (tertiary/aromatic N) is 2. The monoisotopic (exact) mass is 767 g/mol. The van der Waals surface area contributed by atoms with Crippen molar-refractivity contribution in [3.05, 3.63) is 131 Å². The Morgan fingerprint density at radius 3 is 1.14 bits per heavy atom. The number of carbonyl (C=O) groups is 4. The minimum Gasteiger partial charge on any atom is -0.870 e. The number of Topliss-reactive ketones (excluding diaryl/α,β-unsaturated/α-hetero) is 2. The van der Waals surface area contributed by atoms with E-state index < -0.39 is 5.97 Å². The van der Waals surface area contributed by atoms with Gasteiger partial charge in [0.05, 0.1) is 19.4 Å². The van der Waals surface area contributed by atoms with Crippen LogP contribution >= 0.6 is 0 Å². The number of benzene rings is 2. The molecule has 0 spiro atoms. The zero-order valence-electron chi connectivity index (χ0n) is 35.8. The molecule has 0 saturated carbocycles. The summed E-state index contributed by atoms with van der Waals surface area (Å²) in [4.78, 5) is 54.0. The largest absolute Gasteiger partial charge is 1.00 e. The van der Waals surface area contributed by atoms with Gasteiger partial charge < -0.3 is 15.3 Å². The average molecular weight is 767 g/mol. The summed E-state index contributed by atoms with van der Waals surface area (Å²) in [6.45, 7) is 18.2. The summed E-state index contributed by atoms with van der Waals surface area (Å²) in [5.74, 6) is -0.554. The maximum Gasteiger partial charge on any atom is 1.00 e. The topological polar surface area (TPSA) is 154 Å². The van der Waals surface area contributed by atoms with Crippen LogP contribution in [0.4, 0.5) is 0 Å². The van der Waals surface area contributed by atoms with E-state index in [1.165, 1.54) is 0 Å². The molecule has 0 unspecified atom stereocenters. The molecular formula is C46H67LiN2O7. The predicted octanol–water partition coefficient (Wildman–Crippen LogP) is 7.10. The van der Waals surface area contributed by atoms with Gasteiger partial charge in [-0.1, -0.05) is 116 Å². The van der Waals surface area contributed by atoms with Gasteiger partial charge in [-0.25, -0.2) is 0 Å². The predicted molar refractivity (Wildman–Crippen MR) is 224 cm³/mol. The third-order valence-corrected chi connectivity index (χ3v) is 7.27. The fraction of sp³-hybridized carbons (Fsp3) is 0.435. The van der Waals surface area contributed by atoms with Crippen molar-refractivity contribution < 1.29 is 53.4 Å². The first-order valence-corrected chi connectivity index (χ1v) is 19.6. The van der Waals surface area contributed by atoms with Crippen molar-refractivity contribution in [3.8, 4) is 0 Å². The normalized spacial score (nSPS) is 8.95. The number of carboxylic acid groups (broad SMARTS) is 1. The third kappa shape index (κ3) is 29.9. The Hall–Kier alpha value is -4.42. The molecule has 2 heterocycles. The van der Waals surface area contributed by atoms with Crippen LogP contribution in [0.2, 0.25) is 0 Å². The van der Waals surface area contributed by atoms with E-state index >= 15 is 0 Å². The molecule has 2 aromatic heterocycles. The second kappa shape index (κ2) is 40.2. The summed E-state index contributed by atoms with van der Waals surface area (Å²) in [6.07, 6.45) is 12.4. The first kappa shape index (κ1) is 58.3. The molecule has 10 heteroatoms. The molecule has 0 aliphatic rings. The standard InChI is InChI=1S/C20H23NO3.C18H19NO3.4C2H6.Li.H2O/c1-2-24-20(23)14-17-7-5-16(6-8-17)9-11-19(22)12-10-18-4-3-13-21-15-18;20-17(10-8-16-2-1-11-19-13-16)9-7-14-3-5-15(6-4-14)12-18(21)22;4*1-2;;/h3-8,13,15H,2,9-12,14H2,1H3;1-6,11,13H,7-10,12H2,(H,21,22);4*1-2H3;;1H2/q;;;;;;+1;/p-1. The molecule has 0 aliphatic carbocycles. The number of ketones is 2. The molecule has 0 radical (unpaired) electrons. The van der Waals surface area contributed by atoms with E-state index in [-0.39, 0.29) is 54.7 Å². The average Bonchev–Trinajstić information content (AvgIpc) is 3.22. The van der Waals surface area contributed by atoms with Gasteiger partial charge in [0.2, 0.25) is 0 Å². The van der Waals surface area contributed by atoms with Gasteiger partial charge in [-0.3, -0.25) is 29.1 Å². The minimum atomic E-state index is -0.835. The number of aromatic nitrogens is 2. The summed E-state index contributed by atoms with van der Waals surface area (Å²) < 4.78 is 4.93. The van der Waals surface area contributed by atoms with Gasteiger partial charge in [-0.2, -0.15) is 0 Å². The van der Waals surface area contributed by atoms with Crippen molar-refractivity contribution in [2.24, 2.45) is 0 Å². The molecule has 0 amide bonds. The number of esters is 1. The van der Waals surface area contributed by atoms with Crippen LogP contribution in [0.3, 0.4) is 0 Å². The van der Waals surface area contributed by atoms with Crippen molar-refractivity contribution >= 4 is 23.5 Å². The van der Waals surface area contributed by atoms with E-state index in [9.17, 15) is 19.2 Å². The van der Waals surface area contributed by atoms with E-state index in [2.05, 4.69) is 9.97 Å². The Kier molecular flexibility index (Phi) is 41.9. The number of hydrogen-bond donors (Lipinski definition) is 1. The molecular weight excluding hydrogens is 699 g/mol. The first-order chi connectivity index (χ1) is 26.3.